The van der Waals surface area contributed by atoms with Gasteiger partial charge in [-0.2, -0.15) is 11.8 Å². The second-order valence-electron chi connectivity index (χ2n) is 5.33. The summed E-state index contributed by atoms with van der Waals surface area (Å²) in [6.45, 7) is 5.38. The molecule has 0 saturated heterocycles. The minimum absolute atomic E-state index is 0.150. The minimum Gasteiger partial charge on any atom is -0.486 e. The molecule has 1 aliphatic rings. The van der Waals surface area contributed by atoms with Crippen molar-refractivity contribution in [3.8, 4) is 5.75 Å². The quantitative estimate of drug-likeness (QED) is 0.794. The fraction of sp³-hybridized carbons (Fsp3) is 0.600. The summed E-state index contributed by atoms with van der Waals surface area (Å²) in [5, 5.41) is 3.65. The molecule has 2 rings (SSSR count). The largest absolute Gasteiger partial charge is 0.486 e. The molecule has 0 aromatic heterocycles. The molecule has 1 unspecified atom stereocenters. The number of para-hydroxylation sites is 1. The van der Waals surface area contributed by atoms with Gasteiger partial charge in [0, 0.05) is 5.56 Å². The number of thioether (sulfide) groups is 1. The van der Waals surface area contributed by atoms with Gasteiger partial charge in [0.05, 0.1) is 6.04 Å². The predicted octanol–water partition coefficient (Wildman–Crippen LogP) is 3.63. The Morgan fingerprint density at radius 1 is 1.28 bits per heavy atom. The van der Waals surface area contributed by atoms with Crippen LogP contribution in [0.25, 0.3) is 0 Å². The number of fused-ring (bicyclic) bond motifs is 1. The molecule has 0 radical (unpaired) electrons. The van der Waals surface area contributed by atoms with Gasteiger partial charge in [-0.05, 0) is 51.3 Å². The molecule has 2 nitrogen and oxygen atoms in total. The van der Waals surface area contributed by atoms with Crippen LogP contribution in [-0.4, -0.2) is 24.2 Å². The monoisotopic (exact) mass is 265 g/mol. The Morgan fingerprint density at radius 3 is 2.83 bits per heavy atom. The van der Waals surface area contributed by atoms with Crippen molar-refractivity contribution < 1.29 is 4.74 Å². The Morgan fingerprint density at radius 2 is 2.06 bits per heavy atom. The second-order valence-corrected chi connectivity index (χ2v) is 6.32. The molecule has 0 fully saturated rings. The Bertz CT molecular complexity index is 392. The third-order valence-corrected chi connectivity index (χ3v) is 4.12. The van der Waals surface area contributed by atoms with Crippen LogP contribution in [-0.2, 0) is 0 Å². The highest BCUT2D eigenvalue weighted by Crippen LogP contribution is 2.42. The highest BCUT2D eigenvalue weighted by molar-refractivity contribution is 7.98. The molecule has 0 aliphatic carbocycles. The van der Waals surface area contributed by atoms with Gasteiger partial charge < -0.3 is 10.1 Å². The van der Waals surface area contributed by atoms with Crippen molar-refractivity contribution in [2.75, 3.05) is 18.6 Å². The fourth-order valence-electron chi connectivity index (χ4n) is 2.50. The van der Waals surface area contributed by atoms with E-state index >= 15 is 0 Å². The molecule has 1 N–H and O–H groups in total. The minimum atomic E-state index is -0.150. The molecule has 3 heteroatoms. The van der Waals surface area contributed by atoms with Crippen molar-refractivity contribution in [3.05, 3.63) is 29.8 Å². The number of rotatable bonds is 6. The molecule has 1 atom stereocenters. The summed E-state index contributed by atoms with van der Waals surface area (Å²) in [4.78, 5) is 0. The molecule has 100 valence electrons. The highest BCUT2D eigenvalue weighted by Gasteiger charge is 2.40. The molecular weight excluding hydrogens is 242 g/mol. The van der Waals surface area contributed by atoms with E-state index in [1.54, 1.807) is 0 Å². The average Bonchev–Trinajstić information content (AvgIpc) is 2.60. The number of hydrogen-bond donors (Lipinski definition) is 1. The van der Waals surface area contributed by atoms with Crippen LogP contribution in [0.15, 0.2) is 24.3 Å². The molecule has 1 aromatic carbocycles. The number of hydrogen-bond acceptors (Lipinski definition) is 3. The van der Waals surface area contributed by atoms with Crippen molar-refractivity contribution in [2.24, 2.45) is 0 Å². The van der Waals surface area contributed by atoms with Crippen molar-refractivity contribution >= 4 is 11.8 Å². The van der Waals surface area contributed by atoms with Crippen molar-refractivity contribution in [3.63, 3.8) is 0 Å². The maximum atomic E-state index is 6.02. The van der Waals surface area contributed by atoms with E-state index < -0.39 is 0 Å². The smallest absolute Gasteiger partial charge is 0.125 e. The van der Waals surface area contributed by atoms with Crippen LogP contribution >= 0.6 is 11.8 Å². The van der Waals surface area contributed by atoms with Gasteiger partial charge in [0.1, 0.15) is 11.4 Å². The van der Waals surface area contributed by atoms with E-state index in [9.17, 15) is 0 Å². The SMILES string of the molecule is CSCCCCNC1c2ccccc2OC1(C)C. The van der Waals surface area contributed by atoms with Gasteiger partial charge in [-0.3, -0.25) is 0 Å². The fourth-order valence-corrected chi connectivity index (χ4v) is 3.00. The first kappa shape index (κ1) is 13.8. The summed E-state index contributed by atoms with van der Waals surface area (Å²) < 4.78 is 6.02. The van der Waals surface area contributed by atoms with Crippen molar-refractivity contribution in [2.45, 2.75) is 38.3 Å². The number of nitrogens with one attached hydrogen (secondary N) is 1. The lowest BCUT2D eigenvalue weighted by Crippen LogP contribution is -2.39. The van der Waals surface area contributed by atoms with Gasteiger partial charge in [-0.25, -0.2) is 0 Å². The Kier molecular flexibility index (Phi) is 4.57. The first-order valence-corrected chi connectivity index (χ1v) is 8.05. The van der Waals surface area contributed by atoms with Crippen LogP contribution < -0.4 is 10.1 Å². The van der Waals surface area contributed by atoms with E-state index in [-0.39, 0.29) is 5.60 Å². The third kappa shape index (κ3) is 3.01. The van der Waals surface area contributed by atoms with E-state index in [1.165, 1.54) is 24.2 Å². The zero-order valence-corrected chi connectivity index (χ0v) is 12.3. The molecule has 0 amide bonds. The van der Waals surface area contributed by atoms with Gasteiger partial charge in [0.15, 0.2) is 0 Å². The van der Waals surface area contributed by atoms with Crippen LogP contribution in [0.3, 0.4) is 0 Å². The second kappa shape index (κ2) is 5.98. The maximum Gasteiger partial charge on any atom is 0.125 e. The predicted molar refractivity (Wildman–Crippen MR) is 79.5 cm³/mol. The average molecular weight is 265 g/mol. The lowest BCUT2D eigenvalue weighted by molar-refractivity contribution is 0.0965. The Balaban J connectivity index is 1.94. The highest BCUT2D eigenvalue weighted by atomic mass is 32.2. The Labute approximate surface area is 114 Å². The third-order valence-electron chi connectivity index (χ3n) is 3.42. The molecule has 1 aromatic rings. The van der Waals surface area contributed by atoms with Crippen LogP contribution in [0.5, 0.6) is 5.75 Å². The number of ether oxygens (including phenoxy) is 1. The summed E-state index contributed by atoms with van der Waals surface area (Å²) in [7, 11) is 0. The topological polar surface area (TPSA) is 21.3 Å². The molecular formula is C15H23NOS. The van der Waals surface area contributed by atoms with Gasteiger partial charge in [0.25, 0.3) is 0 Å². The van der Waals surface area contributed by atoms with E-state index in [2.05, 4.69) is 43.6 Å². The summed E-state index contributed by atoms with van der Waals surface area (Å²) >= 11 is 1.92. The van der Waals surface area contributed by atoms with Crippen LogP contribution in [0.1, 0.15) is 38.3 Å². The van der Waals surface area contributed by atoms with Crippen molar-refractivity contribution in [1.29, 1.82) is 0 Å². The lowest BCUT2D eigenvalue weighted by Gasteiger charge is -2.27. The lowest BCUT2D eigenvalue weighted by atomic mass is 9.94. The van der Waals surface area contributed by atoms with E-state index in [4.69, 9.17) is 4.74 Å². The normalized spacial score (nSPS) is 20.5. The molecule has 1 heterocycles. The molecule has 18 heavy (non-hydrogen) atoms. The van der Waals surface area contributed by atoms with Crippen LogP contribution in [0.2, 0.25) is 0 Å². The number of benzene rings is 1. The molecule has 1 aliphatic heterocycles. The zero-order chi connectivity index (χ0) is 13.0. The summed E-state index contributed by atoms with van der Waals surface area (Å²) in [5.74, 6) is 2.28. The summed E-state index contributed by atoms with van der Waals surface area (Å²) in [6.07, 6.45) is 4.68. The summed E-state index contributed by atoms with van der Waals surface area (Å²) in [6, 6.07) is 8.67. The molecule has 0 bridgehead atoms. The standard InChI is InChI=1S/C15H23NOS/c1-15(2)14(16-10-6-7-11-18-3)12-8-4-5-9-13(12)17-15/h4-5,8-9,14,16H,6-7,10-11H2,1-3H3. The first-order valence-electron chi connectivity index (χ1n) is 6.65. The first-order chi connectivity index (χ1) is 8.65. The molecule has 0 spiro atoms. The van der Waals surface area contributed by atoms with Gasteiger partial charge in [0.2, 0.25) is 0 Å². The van der Waals surface area contributed by atoms with Crippen LogP contribution in [0.4, 0.5) is 0 Å². The van der Waals surface area contributed by atoms with E-state index in [0.29, 0.717) is 6.04 Å². The Hall–Kier alpha value is -0.670. The molecule has 0 saturated carbocycles. The van der Waals surface area contributed by atoms with Gasteiger partial charge in [-0.15, -0.1) is 0 Å². The van der Waals surface area contributed by atoms with Crippen molar-refractivity contribution in [1.82, 2.24) is 5.32 Å². The zero-order valence-electron chi connectivity index (χ0n) is 11.5. The number of unbranched alkanes of at least 4 members (excludes halogenated alkanes) is 1. The van der Waals surface area contributed by atoms with E-state index in [0.717, 1.165) is 12.3 Å². The van der Waals surface area contributed by atoms with Gasteiger partial charge >= 0.3 is 0 Å². The summed E-state index contributed by atoms with van der Waals surface area (Å²) in [5.41, 5.74) is 1.15. The maximum absolute atomic E-state index is 6.02. The van der Waals surface area contributed by atoms with E-state index in [1.807, 2.05) is 17.8 Å². The van der Waals surface area contributed by atoms with Crippen LogP contribution in [0, 0.1) is 0 Å². The van der Waals surface area contributed by atoms with Gasteiger partial charge in [-0.1, -0.05) is 18.2 Å².